The van der Waals surface area contributed by atoms with Gasteiger partial charge in [0.15, 0.2) is 5.82 Å². The Hall–Kier alpha value is -2.21. The molecule has 1 atom stereocenters. The predicted octanol–water partition coefficient (Wildman–Crippen LogP) is 2.03. The van der Waals surface area contributed by atoms with Crippen LogP contribution in [0.3, 0.4) is 0 Å². The maximum Gasteiger partial charge on any atom is 0.320 e. The molecule has 0 amide bonds. The summed E-state index contributed by atoms with van der Waals surface area (Å²) >= 11 is 0. The van der Waals surface area contributed by atoms with E-state index < -0.39 is 12.0 Å². The molecule has 2 rings (SSSR count). The molecular formula is C14H17N3O3. The highest BCUT2D eigenvalue weighted by atomic mass is 16.5. The van der Waals surface area contributed by atoms with E-state index in [4.69, 9.17) is 9.63 Å². The highest BCUT2D eigenvalue weighted by Crippen LogP contribution is 2.17. The summed E-state index contributed by atoms with van der Waals surface area (Å²) in [6.07, 6.45) is 0.523. The molecule has 0 radical (unpaired) electrons. The number of carboxylic acids is 1. The fourth-order valence-electron chi connectivity index (χ4n) is 2.02. The third-order valence-electron chi connectivity index (χ3n) is 3.08. The first-order chi connectivity index (χ1) is 9.61. The Balaban J connectivity index is 2.08. The van der Waals surface area contributed by atoms with Crippen LogP contribution in [0.15, 0.2) is 34.9 Å². The van der Waals surface area contributed by atoms with E-state index in [0.717, 1.165) is 5.56 Å². The Labute approximate surface area is 117 Å². The molecule has 0 fully saturated rings. The van der Waals surface area contributed by atoms with Crippen LogP contribution >= 0.6 is 0 Å². The lowest BCUT2D eigenvalue weighted by atomic mass is 10.2. The second-order valence-corrected chi connectivity index (χ2v) is 4.56. The molecule has 0 saturated heterocycles. The van der Waals surface area contributed by atoms with Crippen molar-refractivity contribution >= 4 is 5.97 Å². The van der Waals surface area contributed by atoms with Crippen LogP contribution in [0.5, 0.6) is 0 Å². The lowest BCUT2D eigenvalue weighted by molar-refractivity contribution is -0.143. The van der Waals surface area contributed by atoms with Crippen molar-refractivity contribution in [1.29, 1.82) is 0 Å². The van der Waals surface area contributed by atoms with Gasteiger partial charge >= 0.3 is 5.97 Å². The first-order valence-electron chi connectivity index (χ1n) is 6.43. The Bertz CT molecular complexity index is 568. The number of hydrogen-bond acceptors (Lipinski definition) is 5. The number of rotatable bonds is 6. The predicted molar refractivity (Wildman–Crippen MR) is 72.9 cm³/mol. The lowest BCUT2D eigenvalue weighted by Gasteiger charge is -2.21. The third-order valence-corrected chi connectivity index (χ3v) is 3.08. The van der Waals surface area contributed by atoms with Crippen LogP contribution in [-0.4, -0.2) is 39.2 Å². The normalized spacial score (nSPS) is 12.6. The van der Waals surface area contributed by atoms with Crippen molar-refractivity contribution in [3.05, 3.63) is 36.2 Å². The van der Waals surface area contributed by atoms with E-state index in [-0.39, 0.29) is 0 Å². The minimum Gasteiger partial charge on any atom is -0.480 e. The quantitative estimate of drug-likeness (QED) is 0.869. The molecule has 1 heterocycles. The van der Waals surface area contributed by atoms with Gasteiger partial charge in [0, 0.05) is 5.56 Å². The summed E-state index contributed by atoms with van der Waals surface area (Å²) in [5.74, 6) is 0.0743. The van der Waals surface area contributed by atoms with Gasteiger partial charge in [0.1, 0.15) is 6.04 Å². The van der Waals surface area contributed by atoms with Crippen LogP contribution in [0.25, 0.3) is 11.5 Å². The van der Waals surface area contributed by atoms with Crippen LogP contribution in [0.4, 0.5) is 0 Å². The fourth-order valence-corrected chi connectivity index (χ4v) is 2.02. The minimum absolute atomic E-state index is 0.334. The fraction of sp³-hybridized carbons (Fsp3) is 0.357. The van der Waals surface area contributed by atoms with Crippen molar-refractivity contribution in [1.82, 2.24) is 15.0 Å². The summed E-state index contributed by atoms with van der Waals surface area (Å²) in [6, 6.07) is 8.91. The summed E-state index contributed by atoms with van der Waals surface area (Å²) in [4.78, 5) is 17.1. The second-order valence-electron chi connectivity index (χ2n) is 4.56. The molecule has 106 valence electrons. The molecular weight excluding hydrogens is 258 g/mol. The Morgan fingerprint density at radius 3 is 2.70 bits per heavy atom. The van der Waals surface area contributed by atoms with Crippen molar-refractivity contribution in [2.45, 2.75) is 25.9 Å². The van der Waals surface area contributed by atoms with E-state index in [9.17, 15) is 4.79 Å². The molecule has 0 spiro atoms. The number of benzene rings is 1. The highest BCUT2D eigenvalue weighted by molar-refractivity contribution is 5.73. The summed E-state index contributed by atoms with van der Waals surface area (Å²) in [7, 11) is 1.74. The highest BCUT2D eigenvalue weighted by Gasteiger charge is 2.22. The van der Waals surface area contributed by atoms with Gasteiger partial charge in [-0.25, -0.2) is 0 Å². The van der Waals surface area contributed by atoms with Crippen LogP contribution in [-0.2, 0) is 11.3 Å². The van der Waals surface area contributed by atoms with Gasteiger partial charge in [-0.2, -0.15) is 4.98 Å². The van der Waals surface area contributed by atoms with Crippen LogP contribution in [0.2, 0.25) is 0 Å². The molecule has 6 nitrogen and oxygen atoms in total. The summed E-state index contributed by atoms with van der Waals surface area (Å²) < 4.78 is 5.19. The summed E-state index contributed by atoms with van der Waals surface area (Å²) in [6.45, 7) is 2.17. The van der Waals surface area contributed by atoms with Gasteiger partial charge in [0.05, 0.1) is 6.54 Å². The van der Waals surface area contributed by atoms with Gasteiger partial charge in [0.25, 0.3) is 5.89 Å². The Morgan fingerprint density at radius 1 is 1.40 bits per heavy atom. The zero-order valence-electron chi connectivity index (χ0n) is 11.5. The van der Waals surface area contributed by atoms with Crippen molar-refractivity contribution < 1.29 is 14.4 Å². The van der Waals surface area contributed by atoms with Crippen molar-refractivity contribution in [2.75, 3.05) is 7.05 Å². The zero-order valence-corrected chi connectivity index (χ0v) is 11.5. The molecule has 0 bridgehead atoms. The van der Waals surface area contributed by atoms with E-state index in [2.05, 4.69) is 10.1 Å². The van der Waals surface area contributed by atoms with Gasteiger partial charge in [0.2, 0.25) is 0 Å². The number of aliphatic carboxylic acids is 1. The van der Waals surface area contributed by atoms with Crippen molar-refractivity contribution in [3.63, 3.8) is 0 Å². The largest absolute Gasteiger partial charge is 0.480 e. The number of carbonyl (C=O) groups is 1. The minimum atomic E-state index is -0.846. The monoisotopic (exact) mass is 275 g/mol. The average Bonchev–Trinajstić information content (AvgIpc) is 2.88. The average molecular weight is 275 g/mol. The SMILES string of the molecule is CCC(C(=O)O)N(C)Cc1noc(-c2ccccc2)n1. The smallest absolute Gasteiger partial charge is 0.320 e. The first kappa shape index (κ1) is 14.2. The van der Waals surface area contributed by atoms with Gasteiger partial charge in [-0.15, -0.1) is 0 Å². The Kier molecular flexibility index (Phi) is 4.47. The number of nitrogens with zero attached hydrogens (tertiary/aromatic N) is 3. The van der Waals surface area contributed by atoms with E-state index >= 15 is 0 Å². The molecule has 6 heteroatoms. The van der Waals surface area contributed by atoms with E-state index in [1.54, 1.807) is 11.9 Å². The Morgan fingerprint density at radius 2 is 2.10 bits per heavy atom. The maximum atomic E-state index is 11.1. The van der Waals surface area contributed by atoms with E-state index in [1.165, 1.54) is 0 Å². The van der Waals surface area contributed by atoms with Gasteiger partial charge in [-0.3, -0.25) is 9.69 Å². The number of carboxylic acid groups (broad SMARTS) is 1. The summed E-state index contributed by atoms with van der Waals surface area (Å²) in [5.41, 5.74) is 0.846. The lowest BCUT2D eigenvalue weighted by Crippen LogP contribution is -2.37. The molecule has 2 aromatic rings. The third kappa shape index (κ3) is 3.21. The van der Waals surface area contributed by atoms with Crippen LogP contribution in [0.1, 0.15) is 19.2 Å². The van der Waals surface area contributed by atoms with Crippen molar-refractivity contribution in [2.24, 2.45) is 0 Å². The molecule has 0 saturated carbocycles. The molecule has 1 aromatic carbocycles. The number of likely N-dealkylation sites (N-methyl/N-ethyl adjacent to an activating group) is 1. The van der Waals surface area contributed by atoms with E-state index in [1.807, 2.05) is 37.3 Å². The van der Waals surface area contributed by atoms with Crippen LogP contribution < -0.4 is 0 Å². The van der Waals surface area contributed by atoms with Gasteiger partial charge in [-0.05, 0) is 25.6 Å². The summed E-state index contributed by atoms with van der Waals surface area (Å²) in [5, 5.41) is 13.0. The van der Waals surface area contributed by atoms with E-state index in [0.29, 0.717) is 24.7 Å². The number of hydrogen-bond donors (Lipinski definition) is 1. The molecule has 0 aliphatic rings. The molecule has 1 aromatic heterocycles. The maximum absolute atomic E-state index is 11.1. The number of aromatic nitrogens is 2. The van der Waals surface area contributed by atoms with Gasteiger partial charge < -0.3 is 9.63 Å². The zero-order chi connectivity index (χ0) is 14.5. The van der Waals surface area contributed by atoms with Gasteiger partial charge in [-0.1, -0.05) is 30.3 Å². The molecule has 1 N–H and O–H groups in total. The van der Waals surface area contributed by atoms with Crippen LogP contribution in [0, 0.1) is 0 Å². The molecule has 20 heavy (non-hydrogen) atoms. The second kappa shape index (κ2) is 6.29. The first-order valence-corrected chi connectivity index (χ1v) is 6.43. The molecule has 1 unspecified atom stereocenters. The topological polar surface area (TPSA) is 79.5 Å². The molecule has 0 aliphatic carbocycles. The van der Waals surface area contributed by atoms with Crippen molar-refractivity contribution in [3.8, 4) is 11.5 Å². The standard InChI is InChI=1S/C14H17N3O3/c1-3-11(14(18)19)17(2)9-12-15-13(20-16-12)10-7-5-4-6-8-10/h4-8,11H,3,9H2,1-2H3,(H,18,19). The molecule has 0 aliphatic heterocycles.